The largest absolute Gasteiger partial charge is 0.466 e. The number of thioether (sulfide) groups is 1. The topological polar surface area (TPSA) is 186 Å². The summed E-state index contributed by atoms with van der Waals surface area (Å²) < 4.78 is 39.6. The van der Waals surface area contributed by atoms with Crippen molar-refractivity contribution in [3.8, 4) is 0 Å². The molecule has 6 atom stereocenters. The van der Waals surface area contributed by atoms with Gasteiger partial charge < -0.3 is 30.3 Å². The summed E-state index contributed by atoms with van der Waals surface area (Å²) in [6, 6.07) is 8.31. The van der Waals surface area contributed by atoms with Crippen LogP contribution in [-0.4, -0.2) is 80.0 Å². The average molecular weight is 439 g/mol. The van der Waals surface area contributed by atoms with Gasteiger partial charge in [0.05, 0.1) is 12.7 Å². The molecule has 0 saturated carbocycles. The van der Waals surface area contributed by atoms with Gasteiger partial charge in [-0.25, -0.2) is 4.28 Å². The van der Waals surface area contributed by atoms with E-state index in [1.54, 1.807) is 30.3 Å². The molecule has 1 aromatic rings. The SMILES string of the molecule is O=S(=O)(O)ON=C(C[C@H](O)c1ccccc1)S[C@@H]1O[C@H](CO)[C@@H](O)[C@H](O)[C@H]1O. The first kappa shape index (κ1) is 23.0. The van der Waals surface area contributed by atoms with Gasteiger partial charge in [0.25, 0.3) is 0 Å². The first-order valence-electron chi connectivity index (χ1n) is 8.05. The normalized spacial score (nSPS) is 30.1. The molecule has 13 heteroatoms. The Morgan fingerprint density at radius 2 is 1.82 bits per heavy atom. The standard InChI is InChI=1S/C15H21NO10S2/c17-7-10-12(19)13(20)14(21)15(25-10)27-11(16-26-28(22,23)24)6-9(18)8-4-2-1-3-5-8/h1-5,9-10,12-15,17-21H,6-7H2,(H,22,23,24)/t9-,10+,12+,13-,14+,15-/m0/s1. The molecule has 1 saturated heterocycles. The van der Waals surface area contributed by atoms with Crippen LogP contribution in [0.4, 0.5) is 0 Å². The number of nitrogens with zero attached hydrogens (tertiary/aromatic N) is 1. The van der Waals surface area contributed by atoms with Crippen LogP contribution in [0, 0.1) is 0 Å². The molecule has 1 aliphatic heterocycles. The quantitative estimate of drug-likeness (QED) is 0.129. The number of aliphatic hydroxyl groups is 5. The van der Waals surface area contributed by atoms with Crippen LogP contribution >= 0.6 is 11.8 Å². The fraction of sp³-hybridized carbons (Fsp3) is 0.533. The maximum atomic E-state index is 10.8. The Hall–Kier alpha value is -1.29. The van der Waals surface area contributed by atoms with Crippen molar-refractivity contribution in [1.82, 2.24) is 0 Å². The molecule has 6 N–H and O–H groups in total. The molecule has 11 nitrogen and oxygen atoms in total. The predicted octanol–water partition coefficient (Wildman–Crippen LogP) is -1.22. The van der Waals surface area contributed by atoms with Crippen LogP contribution in [0.15, 0.2) is 35.5 Å². The Morgan fingerprint density at radius 3 is 2.39 bits per heavy atom. The zero-order valence-electron chi connectivity index (χ0n) is 14.3. The number of benzene rings is 1. The summed E-state index contributed by atoms with van der Waals surface area (Å²) in [7, 11) is -4.92. The van der Waals surface area contributed by atoms with Crippen molar-refractivity contribution in [1.29, 1.82) is 0 Å². The lowest BCUT2D eigenvalue weighted by atomic mass is 10.0. The molecular formula is C15H21NO10S2. The minimum absolute atomic E-state index is 0.196. The molecule has 28 heavy (non-hydrogen) atoms. The molecule has 1 fully saturated rings. The Kier molecular flexibility index (Phi) is 8.18. The molecule has 0 aromatic heterocycles. The average Bonchev–Trinajstić information content (AvgIpc) is 2.66. The molecular weight excluding hydrogens is 418 g/mol. The monoisotopic (exact) mass is 439 g/mol. The van der Waals surface area contributed by atoms with E-state index in [1.165, 1.54) is 0 Å². The third kappa shape index (κ3) is 6.37. The lowest BCUT2D eigenvalue weighted by Crippen LogP contribution is -2.57. The molecule has 1 aromatic carbocycles. The zero-order chi connectivity index (χ0) is 20.9. The molecule has 1 aliphatic rings. The van der Waals surface area contributed by atoms with Gasteiger partial charge in [0.2, 0.25) is 0 Å². The van der Waals surface area contributed by atoms with E-state index in [0.717, 1.165) is 0 Å². The fourth-order valence-electron chi connectivity index (χ4n) is 2.45. The number of ether oxygens (including phenoxy) is 1. The van der Waals surface area contributed by atoms with Gasteiger partial charge in [-0.2, -0.15) is 8.42 Å². The highest BCUT2D eigenvalue weighted by molar-refractivity contribution is 8.14. The van der Waals surface area contributed by atoms with E-state index in [1.807, 2.05) is 0 Å². The van der Waals surface area contributed by atoms with Crippen LogP contribution in [0.1, 0.15) is 18.1 Å². The van der Waals surface area contributed by atoms with Gasteiger partial charge in [0.1, 0.15) is 34.9 Å². The molecule has 0 bridgehead atoms. The third-order valence-corrected chi connectivity index (χ3v) is 5.28. The second kappa shape index (κ2) is 9.96. The van der Waals surface area contributed by atoms with Gasteiger partial charge >= 0.3 is 10.4 Å². The molecule has 0 amide bonds. The van der Waals surface area contributed by atoms with Crippen LogP contribution in [0.2, 0.25) is 0 Å². The summed E-state index contributed by atoms with van der Waals surface area (Å²) in [5, 5.41) is 52.3. The molecule has 0 radical (unpaired) electrons. The highest BCUT2D eigenvalue weighted by Crippen LogP contribution is 2.32. The van der Waals surface area contributed by atoms with Crippen LogP contribution in [0.5, 0.6) is 0 Å². The maximum Gasteiger partial charge on any atom is 0.466 e. The van der Waals surface area contributed by atoms with Crippen LogP contribution in [-0.2, 0) is 19.4 Å². The van der Waals surface area contributed by atoms with Gasteiger partial charge in [-0.05, 0) is 5.56 Å². The summed E-state index contributed by atoms with van der Waals surface area (Å²) in [6.07, 6.45) is -7.43. The smallest absolute Gasteiger partial charge is 0.394 e. The highest BCUT2D eigenvalue weighted by atomic mass is 32.3. The second-order valence-corrected chi connectivity index (χ2v) is 8.11. The number of rotatable bonds is 7. The van der Waals surface area contributed by atoms with E-state index in [4.69, 9.17) is 9.29 Å². The summed E-state index contributed by atoms with van der Waals surface area (Å²) in [5.74, 6) is 0. The summed E-state index contributed by atoms with van der Waals surface area (Å²) >= 11 is 0.597. The van der Waals surface area contributed by atoms with Crippen molar-refractivity contribution in [2.75, 3.05) is 6.61 Å². The third-order valence-electron chi connectivity index (χ3n) is 3.89. The number of oxime groups is 1. The van der Waals surface area contributed by atoms with Gasteiger partial charge in [-0.3, -0.25) is 4.55 Å². The number of hydrogen-bond donors (Lipinski definition) is 6. The van der Waals surface area contributed by atoms with E-state index < -0.39 is 53.0 Å². The molecule has 0 spiro atoms. The first-order chi connectivity index (χ1) is 13.1. The van der Waals surface area contributed by atoms with Crippen molar-refractivity contribution >= 4 is 27.2 Å². The van der Waals surface area contributed by atoms with E-state index >= 15 is 0 Å². The van der Waals surface area contributed by atoms with Crippen molar-refractivity contribution in [2.45, 2.75) is 42.4 Å². The molecule has 0 unspecified atom stereocenters. The van der Waals surface area contributed by atoms with Crippen molar-refractivity contribution in [2.24, 2.45) is 5.16 Å². The molecule has 2 rings (SSSR count). The molecule has 0 aliphatic carbocycles. The van der Waals surface area contributed by atoms with E-state index in [0.29, 0.717) is 17.3 Å². The van der Waals surface area contributed by atoms with Gasteiger partial charge in [0, 0.05) is 6.42 Å². The van der Waals surface area contributed by atoms with Gasteiger partial charge in [-0.15, -0.1) is 0 Å². The van der Waals surface area contributed by atoms with Crippen LogP contribution in [0.25, 0.3) is 0 Å². The Balaban J connectivity index is 2.19. The molecule has 158 valence electrons. The van der Waals surface area contributed by atoms with Gasteiger partial charge in [0.15, 0.2) is 0 Å². The second-order valence-electron chi connectivity index (χ2n) is 5.93. The molecule has 1 heterocycles. The van der Waals surface area contributed by atoms with Crippen LogP contribution < -0.4 is 0 Å². The Morgan fingerprint density at radius 1 is 1.18 bits per heavy atom. The van der Waals surface area contributed by atoms with Crippen LogP contribution in [0.3, 0.4) is 0 Å². The minimum Gasteiger partial charge on any atom is -0.394 e. The summed E-state index contributed by atoms with van der Waals surface area (Å²) in [6.45, 7) is -0.650. The lowest BCUT2D eigenvalue weighted by Gasteiger charge is -2.39. The highest BCUT2D eigenvalue weighted by Gasteiger charge is 2.44. The fourth-order valence-corrected chi connectivity index (χ4v) is 3.79. The van der Waals surface area contributed by atoms with Crippen molar-refractivity contribution in [3.05, 3.63) is 35.9 Å². The maximum absolute atomic E-state index is 10.8. The Bertz CT molecular complexity index is 757. The summed E-state index contributed by atoms with van der Waals surface area (Å²) in [5.41, 5.74) is -0.793. The number of hydrogen-bond acceptors (Lipinski definition) is 11. The predicted molar refractivity (Wildman–Crippen MR) is 97.4 cm³/mol. The number of aliphatic hydroxyl groups excluding tert-OH is 5. The van der Waals surface area contributed by atoms with E-state index in [9.17, 15) is 34.0 Å². The first-order valence-corrected chi connectivity index (χ1v) is 10.3. The van der Waals surface area contributed by atoms with Crippen molar-refractivity contribution < 1.29 is 47.5 Å². The zero-order valence-corrected chi connectivity index (χ0v) is 16.0. The Labute approximate surface area is 165 Å². The summed E-state index contributed by atoms with van der Waals surface area (Å²) in [4.78, 5) is 0. The van der Waals surface area contributed by atoms with Gasteiger partial charge in [-0.1, -0.05) is 47.2 Å². The van der Waals surface area contributed by atoms with E-state index in [2.05, 4.69) is 9.44 Å². The minimum atomic E-state index is -4.92. The van der Waals surface area contributed by atoms with E-state index in [-0.39, 0.29) is 11.5 Å². The lowest BCUT2D eigenvalue weighted by molar-refractivity contribution is -0.205. The van der Waals surface area contributed by atoms with Crippen molar-refractivity contribution in [3.63, 3.8) is 0 Å².